The Morgan fingerprint density at radius 1 is 1.73 bits per heavy atom. The predicted molar refractivity (Wildman–Crippen MR) is 47.2 cm³/mol. The molecule has 0 amide bonds. The van der Waals surface area contributed by atoms with Crippen molar-refractivity contribution in [2.75, 3.05) is 0 Å². The Hall–Kier alpha value is -1.05. The second-order valence-electron chi connectivity index (χ2n) is 2.54. The van der Waals surface area contributed by atoms with E-state index < -0.39 is 0 Å². The Morgan fingerprint density at radius 3 is 3.18 bits per heavy atom. The van der Waals surface area contributed by atoms with Crippen LogP contribution < -0.4 is 0 Å². The molecular weight excluding hydrogens is 136 g/mol. The molecule has 0 radical (unpaired) electrons. The van der Waals surface area contributed by atoms with E-state index in [0.29, 0.717) is 0 Å². The maximum Gasteiger partial charge on any atom is 0.0603 e. The Kier molecular flexibility index (Phi) is 2.90. The lowest BCUT2D eigenvalue weighted by Crippen LogP contribution is -2.01. The molecule has 0 saturated carbocycles. The van der Waals surface area contributed by atoms with E-state index in [1.807, 2.05) is 23.0 Å². The van der Waals surface area contributed by atoms with Gasteiger partial charge in [0.1, 0.15) is 0 Å². The molecule has 2 nitrogen and oxygen atoms in total. The van der Waals surface area contributed by atoms with Gasteiger partial charge in [-0.15, -0.1) is 0 Å². The lowest BCUT2D eigenvalue weighted by molar-refractivity contribution is 0.568. The minimum Gasteiger partial charge on any atom is -0.266 e. The normalized spacial score (nSPS) is 9.91. The van der Waals surface area contributed by atoms with Gasteiger partial charge in [-0.25, -0.2) is 0 Å². The van der Waals surface area contributed by atoms with Gasteiger partial charge < -0.3 is 0 Å². The van der Waals surface area contributed by atoms with Crippen molar-refractivity contribution in [3.05, 3.63) is 24.5 Å². The molecule has 0 N–H and O–H groups in total. The Balaban J connectivity index is 2.61. The molecule has 1 heterocycles. The lowest BCUT2D eigenvalue weighted by atomic mass is 10.3. The van der Waals surface area contributed by atoms with Crippen LogP contribution in [0.4, 0.5) is 0 Å². The highest BCUT2D eigenvalue weighted by molar-refractivity contribution is 5.40. The summed E-state index contributed by atoms with van der Waals surface area (Å²) in [6.45, 7) is 6.89. The summed E-state index contributed by atoms with van der Waals surface area (Å²) in [4.78, 5) is 0. The highest BCUT2D eigenvalue weighted by Gasteiger charge is 1.95. The summed E-state index contributed by atoms with van der Waals surface area (Å²) >= 11 is 0. The molecule has 0 saturated heterocycles. The summed E-state index contributed by atoms with van der Waals surface area (Å²) in [6, 6.07) is 1.97. The second-order valence-corrected chi connectivity index (χ2v) is 2.54. The van der Waals surface area contributed by atoms with Crippen molar-refractivity contribution in [3.8, 4) is 0 Å². The zero-order chi connectivity index (χ0) is 8.10. The van der Waals surface area contributed by atoms with Crippen molar-refractivity contribution in [1.29, 1.82) is 0 Å². The summed E-state index contributed by atoms with van der Waals surface area (Å²) in [7, 11) is 0. The first-order valence-corrected chi connectivity index (χ1v) is 4.02. The van der Waals surface area contributed by atoms with Crippen LogP contribution in [-0.4, -0.2) is 9.78 Å². The van der Waals surface area contributed by atoms with Crippen LogP contribution in [0.1, 0.15) is 25.5 Å². The van der Waals surface area contributed by atoms with Crippen LogP contribution in [0.25, 0.3) is 6.08 Å². The molecule has 11 heavy (non-hydrogen) atoms. The van der Waals surface area contributed by atoms with Crippen LogP contribution in [-0.2, 0) is 6.54 Å². The second kappa shape index (κ2) is 3.96. The van der Waals surface area contributed by atoms with E-state index in [1.54, 1.807) is 0 Å². The van der Waals surface area contributed by atoms with Crippen molar-refractivity contribution in [1.82, 2.24) is 9.78 Å². The summed E-state index contributed by atoms with van der Waals surface area (Å²) in [5.74, 6) is 0. The van der Waals surface area contributed by atoms with E-state index in [-0.39, 0.29) is 0 Å². The number of rotatable bonds is 4. The minimum atomic E-state index is 1.00. The number of aryl methyl sites for hydroxylation is 1. The van der Waals surface area contributed by atoms with E-state index >= 15 is 0 Å². The fourth-order valence-electron chi connectivity index (χ4n) is 1.01. The van der Waals surface area contributed by atoms with Crippen molar-refractivity contribution < 1.29 is 0 Å². The van der Waals surface area contributed by atoms with Crippen LogP contribution in [0.3, 0.4) is 0 Å². The highest BCUT2D eigenvalue weighted by atomic mass is 15.3. The molecule has 0 unspecified atom stereocenters. The fourth-order valence-corrected chi connectivity index (χ4v) is 1.01. The van der Waals surface area contributed by atoms with Crippen LogP contribution in [0, 0.1) is 0 Å². The number of hydrogen-bond acceptors (Lipinski definition) is 1. The van der Waals surface area contributed by atoms with E-state index in [0.717, 1.165) is 12.2 Å². The van der Waals surface area contributed by atoms with Gasteiger partial charge in [0.15, 0.2) is 0 Å². The molecule has 0 bridgehead atoms. The third kappa shape index (κ3) is 1.93. The summed E-state index contributed by atoms with van der Waals surface area (Å²) in [6.07, 6.45) is 6.04. The van der Waals surface area contributed by atoms with E-state index in [4.69, 9.17) is 0 Å². The largest absolute Gasteiger partial charge is 0.266 e. The first-order chi connectivity index (χ1) is 5.38. The number of nitrogens with zero attached hydrogens (tertiary/aromatic N) is 2. The molecule has 0 aliphatic heterocycles. The van der Waals surface area contributed by atoms with Crippen LogP contribution in [0.2, 0.25) is 0 Å². The monoisotopic (exact) mass is 150 g/mol. The third-order valence-electron chi connectivity index (χ3n) is 1.68. The quantitative estimate of drug-likeness (QED) is 0.644. The number of hydrogen-bond donors (Lipinski definition) is 0. The van der Waals surface area contributed by atoms with Gasteiger partial charge in [0.25, 0.3) is 0 Å². The van der Waals surface area contributed by atoms with Crippen molar-refractivity contribution in [2.45, 2.75) is 26.3 Å². The molecule has 0 fully saturated rings. The SMILES string of the molecule is C=Cc1ccnn1CCCC. The van der Waals surface area contributed by atoms with Crippen LogP contribution in [0.5, 0.6) is 0 Å². The van der Waals surface area contributed by atoms with E-state index in [2.05, 4.69) is 18.6 Å². The molecule has 1 rings (SSSR count). The fraction of sp³-hybridized carbons (Fsp3) is 0.444. The zero-order valence-corrected chi connectivity index (χ0v) is 6.95. The molecule has 1 aromatic rings. The molecule has 0 aliphatic carbocycles. The van der Waals surface area contributed by atoms with E-state index in [9.17, 15) is 0 Å². The molecule has 2 heteroatoms. The minimum absolute atomic E-state index is 1.00. The Labute approximate surface area is 67.5 Å². The zero-order valence-electron chi connectivity index (χ0n) is 6.95. The first-order valence-electron chi connectivity index (χ1n) is 4.02. The van der Waals surface area contributed by atoms with Crippen molar-refractivity contribution in [2.24, 2.45) is 0 Å². The summed E-state index contributed by atoms with van der Waals surface area (Å²) in [5.41, 5.74) is 1.11. The van der Waals surface area contributed by atoms with Gasteiger partial charge in [-0.05, 0) is 18.6 Å². The van der Waals surface area contributed by atoms with E-state index in [1.165, 1.54) is 12.8 Å². The topological polar surface area (TPSA) is 17.8 Å². The highest BCUT2D eigenvalue weighted by Crippen LogP contribution is 2.02. The Bertz CT molecular complexity index is 225. The van der Waals surface area contributed by atoms with Gasteiger partial charge >= 0.3 is 0 Å². The van der Waals surface area contributed by atoms with Crippen molar-refractivity contribution in [3.63, 3.8) is 0 Å². The summed E-state index contributed by atoms with van der Waals surface area (Å²) < 4.78 is 1.98. The number of unbranched alkanes of at least 4 members (excludes halogenated alkanes) is 1. The Morgan fingerprint density at radius 2 is 2.55 bits per heavy atom. The predicted octanol–water partition coefficient (Wildman–Crippen LogP) is 2.33. The average molecular weight is 150 g/mol. The van der Waals surface area contributed by atoms with Crippen LogP contribution in [0.15, 0.2) is 18.8 Å². The molecule has 0 spiro atoms. The maximum absolute atomic E-state index is 4.17. The molecular formula is C9H14N2. The van der Waals surface area contributed by atoms with Crippen LogP contribution >= 0.6 is 0 Å². The molecule has 60 valence electrons. The van der Waals surface area contributed by atoms with Crippen molar-refractivity contribution >= 4 is 6.08 Å². The van der Waals surface area contributed by atoms with Gasteiger partial charge in [-0.3, -0.25) is 4.68 Å². The van der Waals surface area contributed by atoms with Gasteiger partial charge in [-0.2, -0.15) is 5.10 Å². The maximum atomic E-state index is 4.17. The molecule has 0 atom stereocenters. The summed E-state index contributed by atoms with van der Waals surface area (Å²) in [5, 5.41) is 4.17. The third-order valence-corrected chi connectivity index (χ3v) is 1.68. The average Bonchev–Trinajstić information content (AvgIpc) is 2.47. The van der Waals surface area contributed by atoms with Gasteiger partial charge in [0.2, 0.25) is 0 Å². The standard InChI is InChI=1S/C9H14N2/c1-3-5-8-11-9(4-2)6-7-10-11/h4,6-7H,2-3,5,8H2,1H3. The van der Waals surface area contributed by atoms with Gasteiger partial charge in [0, 0.05) is 12.7 Å². The molecule has 0 aromatic carbocycles. The van der Waals surface area contributed by atoms with Gasteiger partial charge in [0.05, 0.1) is 5.69 Å². The molecule has 1 aromatic heterocycles. The lowest BCUT2D eigenvalue weighted by Gasteiger charge is -2.01. The number of aromatic nitrogens is 2. The van der Waals surface area contributed by atoms with Gasteiger partial charge in [-0.1, -0.05) is 19.9 Å². The molecule has 0 aliphatic rings. The smallest absolute Gasteiger partial charge is 0.0603 e. The first kappa shape index (κ1) is 8.05.